The zero-order valence-electron chi connectivity index (χ0n) is 8.52. The lowest BCUT2D eigenvalue weighted by atomic mass is 9.95. The molecule has 1 aromatic heterocycles. The number of hydrogen-bond acceptors (Lipinski definition) is 2. The maximum absolute atomic E-state index is 8.79. The zero-order valence-corrected chi connectivity index (χ0v) is 8.52. The van der Waals surface area contributed by atoms with Crippen molar-refractivity contribution in [2.45, 2.75) is 44.6 Å². The molecule has 0 amide bonds. The van der Waals surface area contributed by atoms with Crippen molar-refractivity contribution in [3.63, 3.8) is 0 Å². The largest absolute Gasteiger partial charge is 0.396 e. The van der Waals surface area contributed by atoms with Gasteiger partial charge in [0.15, 0.2) is 0 Å². The summed E-state index contributed by atoms with van der Waals surface area (Å²) in [6.45, 7) is 0.196. The van der Waals surface area contributed by atoms with E-state index in [-0.39, 0.29) is 6.61 Å². The lowest BCUT2D eigenvalue weighted by Crippen LogP contribution is -2.10. The van der Waals surface area contributed by atoms with Crippen LogP contribution in [0, 0.1) is 0 Å². The molecule has 0 aliphatic heterocycles. The van der Waals surface area contributed by atoms with Crippen LogP contribution in [0.25, 0.3) is 0 Å². The Morgan fingerprint density at radius 1 is 1.36 bits per heavy atom. The van der Waals surface area contributed by atoms with Crippen LogP contribution in [-0.2, 0) is 6.42 Å². The molecule has 1 aromatic rings. The van der Waals surface area contributed by atoms with Gasteiger partial charge in [0, 0.05) is 25.3 Å². The van der Waals surface area contributed by atoms with Crippen molar-refractivity contribution in [2.24, 2.45) is 0 Å². The first-order valence-electron chi connectivity index (χ1n) is 5.53. The summed E-state index contributed by atoms with van der Waals surface area (Å²) in [7, 11) is 0. The number of aliphatic hydroxyl groups excluding tert-OH is 1. The first kappa shape index (κ1) is 9.71. The molecule has 0 atom stereocenters. The highest BCUT2D eigenvalue weighted by Gasteiger charge is 2.14. The second-order valence-corrected chi connectivity index (χ2v) is 4.08. The molecule has 1 heterocycles. The minimum absolute atomic E-state index is 0.196. The van der Waals surface area contributed by atoms with E-state index in [0.717, 1.165) is 5.69 Å². The van der Waals surface area contributed by atoms with Gasteiger partial charge in [0.2, 0.25) is 0 Å². The molecule has 0 bridgehead atoms. The van der Waals surface area contributed by atoms with E-state index in [0.29, 0.717) is 12.5 Å². The molecule has 3 heteroatoms. The van der Waals surface area contributed by atoms with Crippen LogP contribution in [0.2, 0.25) is 0 Å². The Morgan fingerprint density at radius 2 is 2.14 bits per heavy atom. The topological polar surface area (TPSA) is 38.0 Å². The van der Waals surface area contributed by atoms with Gasteiger partial charge in [-0.25, -0.2) is 4.98 Å². The second kappa shape index (κ2) is 4.60. The Bertz CT molecular complexity index is 277. The molecule has 78 valence electrons. The fourth-order valence-electron chi connectivity index (χ4n) is 2.20. The molecule has 1 aliphatic rings. The monoisotopic (exact) mass is 194 g/mol. The summed E-state index contributed by atoms with van der Waals surface area (Å²) in [6.07, 6.45) is 11.3. The molecule has 2 rings (SSSR count). The molecular formula is C11H18N2O. The van der Waals surface area contributed by atoms with E-state index in [1.54, 1.807) is 0 Å². The SMILES string of the molecule is OCCc1cn(C2CCCCC2)cn1. The number of nitrogens with zero attached hydrogens (tertiary/aromatic N) is 2. The van der Waals surface area contributed by atoms with Gasteiger partial charge in [-0.1, -0.05) is 19.3 Å². The Labute approximate surface area is 84.8 Å². The first-order valence-corrected chi connectivity index (χ1v) is 5.53. The third-order valence-corrected chi connectivity index (χ3v) is 3.02. The van der Waals surface area contributed by atoms with Crippen molar-refractivity contribution in [2.75, 3.05) is 6.61 Å². The summed E-state index contributed by atoms with van der Waals surface area (Å²) >= 11 is 0. The maximum Gasteiger partial charge on any atom is 0.0952 e. The molecule has 0 radical (unpaired) electrons. The van der Waals surface area contributed by atoms with Crippen molar-refractivity contribution in [3.05, 3.63) is 18.2 Å². The molecule has 1 saturated carbocycles. The number of rotatable bonds is 3. The standard InChI is InChI=1S/C11H18N2O/c14-7-6-10-8-13(9-12-10)11-4-2-1-3-5-11/h8-9,11,14H,1-7H2. The summed E-state index contributed by atoms with van der Waals surface area (Å²) < 4.78 is 2.23. The molecule has 1 N–H and O–H groups in total. The highest BCUT2D eigenvalue weighted by atomic mass is 16.3. The van der Waals surface area contributed by atoms with Gasteiger partial charge in [0.1, 0.15) is 0 Å². The Hall–Kier alpha value is -0.830. The molecule has 1 fully saturated rings. The molecular weight excluding hydrogens is 176 g/mol. The van der Waals surface area contributed by atoms with E-state index in [1.165, 1.54) is 32.1 Å². The van der Waals surface area contributed by atoms with E-state index >= 15 is 0 Å². The van der Waals surface area contributed by atoms with Crippen molar-refractivity contribution in [3.8, 4) is 0 Å². The highest BCUT2D eigenvalue weighted by Crippen LogP contribution is 2.27. The van der Waals surface area contributed by atoms with E-state index < -0.39 is 0 Å². The molecule has 1 aliphatic carbocycles. The van der Waals surface area contributed by atoms with Crippen LogP contribution in [0.15, 0.2) is 12.5 Å². The maximum atomic E-state index is 8.79. The summed E-state index contributed by atoms with van der Waals surface area (Å²) in [6, 6.07) is 0.656. The quantitative estimate of drug-likeness (QED) is 0.798. The molecule has 0 aromatic carbocycles. The summed E-state index contributed by atoms with van der Waals surface area (Å²) in [5.41, 5.74) is 1.01. The normalized spacial score (nSPS) is 18.6. The Morgan fingerprint density at radius 3 is 2.86 bits per heavy atom. The van der Waals surface area contributed by atoms with Crippen LogP contribution >= 0.6 is 0 Å². The van der Waals surface area contributed by atoms with E-state index in [4.69, 9.17) is 5.11 Å². The molecule has 0 unspecified atom stereocenters. The number of hydrogen-bond donors (Lipinski definition) is 1. The van der Waals surface area contributed by atoms with Crippen molar-refractivity contribution >= 4 is 0 Å². The second-order valence-electron chi connectivity index (χ2n) is 4.08. The van der Waals surface area contributed by atoms with Gasteiger partial charge in [0.25, 0.3) is 0 Å². The van der Waals surface area contributed by atoms with Crippen molar-refractivity contribution < 1.29 is 5.11 Å². The molecule has 3 nitrogen and oxygen atoms in total. The van der Waals surface area contributed by atoms with E-state index in [1.807, 2.05) is 6.33 Å². The number of aliphatic hydroxyl groups is 1. The average molecular weight is 194 g/mol. The molecule has 14 heavy (non-hydrogen) atoms. The first-order chi connectivity index (χ1) is 6.90. The van der Waals surface area contributed by atoms with Crippen molar-refractivity contribution in [1.29, 1.82) is 0 Å². The third kappa shape index (κ3) is 2.15. The average Bonchev–Trinajstić information content (AvgIpc) is 2.68. The lowest BCUT2D eigenvalue weighted by Gasteiger charge is -2.22. The van der Waals surface area contributed by atoms with Crippen LogP contribution in [0.1, 0.15) is 43.8 Å². The van der Waals surface area contributed by atoms with Gasteiger partial charge in [-0.2, -0.15) is 0 Å². The fraction of sp³-hybridized carbons (Fsp3) is 0.727. The van der Waals surface area contributed by atoms with Crippen LogP contribution < -0.4 is 0 Å². The van der Waals surface area contributed by atoms with Crippen LogP contribution in [0.4, 0.5) is 0 Å². The summed E-state index contributed by atoms with van der Waals surface area (Å²) in [5.74, 6) is 0. The zero-order chi connectivity index (χ0) is 9.80. The number of aromatic nitrogens is 2. The molecule has 0 spiro atoms. The minimum atomic E-state index is 0.196. The summed E-state index contributed by atoms with van der Waals surface area (Å²) in [5, 5.41) is 8.79. The number of imidazole rings is 1. The summed E-state index contributed by atoms with van der Waals surface area (Å²) in [4.78, 5) is 4.28. The van der Waals surface area contributed by atoms with Gasteiger partial charge in [-0.3, -0.25) is 0 Å². The molecule has 0 saturated heterocycles. The van der Waals surface area contributed by atoms with Gasteiger partial charge < -0.3 is 9.67 Å². The Balaban J connectivity index is 2.00. The van der Waals surface area contributed by atoms with Gasteiger partial charge >= 0.3 is 0 Å². The van der Waals surface area contributed by atoms with Gasteiger partial charge in [0.05, 0.1) is 12.0 Å². The Kier molecular flexibility index (Phi) is 3.19. The predicted octanol–water partition coefficient (Wildman–Crippen LogP) is 1.92. The van der Waals surface area contributed by atoms with Crippen LogP contribution in [-0.4, -0.2) is 21.3 Å². The van der Waals surface area contributed by atoms with E-state index in [9.17, 15) is 0 Å². The van der Waals surface area contributed by atoms with Crippen LogP contribution in [0.5, 0.6) is 0 Å². The van der Waals surface area contributed by atoms with Gasteiger partial charge in [-0.05, 0) is 12.8 Å². The minimum Gasteiger partial charge on any atom is -0.396 e. The van der Waals surface area contributed by atoms with Gasteiger partial charge in [-0.15, -0.1) is 0 Å². The lowest BCUT2D eigenvalue weighted by molar-refractivity contribution is 0.298. The smallest absolute Gasteiger partial charge is 0.0952 e. The van der Waals surface area contributed by atoms with Crippen LogP contribution in [0.3, 0.4) is 0 Å². The highest BCUT2D eigenvalue weighted by molar-refractivity contribution is 4.98. The third-order valence-electron chi connectivity index (χ3n) is 3.02. The van der Waals surface area contributed by atoms with E-state index in [2.05, 4.69) is 15.7 Å². The van der Waals surface area contributed by atoms with Crippen molar-refractivity contribution in [1.82, 2.24) is 9.55 Å². The fourth-order valence-corrected chi connectivity index (χ4v) is 2.20. The predicted molar refractivity (Wildman–Crippen MR) is 55.1 cm³/mol.